The number of pyridine rings is 2. The molecule has 1 saturated carbocycles. The lowest BCUT2D eigenvalue weighted by Gasteiger charge is -2.31. The van der Waals surface area contributed by atoms with E-state index in [0.29, 0.717) is 18.4 Å². The van der Waals surface area contributed by atoms with Gasteiger partial charge in [0, 0.05) is 26.0 Å². The molecule has 4 rings (SSSR count). The number of aromatic nitrogens is 4. The molecule has 12 heteroatoms. The number of aliphatic hydroxyl groups is 1. The average Bonchev–Trinajstić information content (AvgIpc) is 3.02. The van der Waals surface area contributed by atoms with E-state index in [9.17, 15) is 26.7 Å². The molecule has 0 aliphatic heterocycles. The van der Waals surface area contributed by atoms with Crippen LogP contribution >= 0.6 is 0 Å². The lowest BCUT2D eigenvalue weighted by atomic mass is 9.92. The van der Waals surface area contributed by atoms with Gasteiger partial charge in [0.25, 0.3) is 0 Å². The van der Waals surface area contributed by atoms with E-state index in [1.54, 1.807) is 7.05 Å². The van der Waals surface area contributed by atoms with Crippen LogP contribution < -0.4 is 4.74 Å². The molecule has 166 valence electrons. The summed E-state index contributed by atoms with van der Waals surface area (Å²) >= 11 is 0. The zero-order valence-corrected chi connectivity index (χ0v) is 17.4. The maximum Gasteiger partial charge on any atom is 0.433 e. The van der Waals surface area contributed by atoms with Gasteiger partial charge in [-0.05, 0) is 6.07 Å². The van der Waals surface area contributed by atoms with E-state index in [0.717, 1.165) is 12.3 Å². The minimum absolute atomic E-state index is 0.00935. The molecule has 0 aromatic carbocycles. The third-order valence-electron chi connectivity index (χ3n) is 5.18. The third kappa shape index (κ3) is 3.97. The molecule has 0 bridgehead atoms. The molecule has 8 nitrogen and oxygen atoms in total. The molecule has 1 fully saturated rings. The Labute approximate surface area is 175 Å². The highest BCUT2D eigenvalue weighted by atomic mass is 32.2. The number of hydrogen-bond donors (Lipinski definition) is 1. The lowest BCUT2D eigenvalue weighted by Crippen LogP contribution is -2.37. The van der Waals surface area contributed by atoms with Gasteiger partial charge in [0.1, 0.15) is 28.1 Å². The van der Waals surface area contributed by atoms with Crippen LogP contribution in [-0.2, 0) is 23.1 Å². The van der Waals surface area contributed by atoms with Gasteiger partial charge in [-0.2, -0.15) is 13.2 Å². The Kier molecular flexibility index (Phi) is 5.16. The zero-order chi connectivity index (χ0) is 22.6. The summed E-state index contributed by atoms with van der Waals surface area (Å²) in [4.78, 5) is 11.8. The third-order valence-corrected chi connectivity index (χ3v) is 6.93. The Morgan fingerprint density at radius 3 is 2.55 bits per heavy atom. The number of fused-ring (bicyclic) bond motifs is 1. The molecule has 0 atom stereocenters. The summed E-state index contributed by atoms with van der Waals surface area (Å²) < 4.78 is 71.6. The van der Waals surface area contributed by atoms with Gasteiger partial charge < -0.3 is 14.4 Å². The van der Waals surface area contributed by atoms with Crippen LogP contribution in [0, 0.1) is 0 Å². The van der Waals surface area contributed by atoms with E-state index in [1.807, 2.05) is 0 Å². The molecule has 3 aromatic rings. The van der Waals surface area contributed by atoms with E-state index < -0.39 is 27.8 Å². The van der Waals surface area contributed by atoms with Crippen LogP contribution in [0.5, 0.6) is 5.75 Å². The van der Waals surface area contributed by atoms with Crippen molar-refractivity contribution < 1.29 is 31.4 Å². The van der Waals surface area contributed by atoms with Gasteiger partial charge in [0.15, 0.2) is 15.7 Å². The normalized spacial score (nSPS) is 19.4. The van der Waals surface area contributed by atoms with Crippen LogP contribution in [-0.4, -0.2) is 51.0 Å². The number of imidazole rings is 1. The molecule has 0 saturated heterocycles. The van der Waals surface area contributed by atoms with Crippen LogP contribution in [0.3, 0.4) is 0 Å². The minimum atomic E-state index is -4.63. The van der Waals surface area contributed by atoms with Gasteiger partial charge >= 0.3 is 6.18 Å². The Morgan fingerprint density at radius 2 is 1.94 bits per heavy atom. The van der Waals surface area contributed by atoms with E-state index in [2.05, 4.69) is 15.0 Å². The standard InChI is InChI=1S/C19H19F3N4O4S/c1-3-31(28,29)15-6-12(30-11-4-10(27)5-11)8-24-17(15)18-25-13-7-16(19(20,21)22)23-9-14(13)26(18)2/h6-11,27H,3-5H2,1-2H3. The van der Waals surface area contributed by atoms with Crippen molar-refractivity contribution in [1.29, 1.82) is 0 Å². The molecule has 1 N–H and O–H groups in total. The average molecular weight is 456 g/mol. The molecular weight excluding hydrogens is 437 g/mol. The highest BCUT2D eigenvalue weighted by Gasteiger charge is 2.34. The predicted molar refractivity (Wildman–Crippen MR) is 104 cm³/mol. The fourth-order valence-corrected chi connectivity index (χ4v) is 4.38. The number of sulfone groups is 1. The largest absolute Gasteiger partial charge is 0.489 e. The maximum absolute atomic E-state index is 13.0. The van der Waals surface area contributed by atoms with Crippen LogP contribution in [0.25, 0.3) is 22.6 Å². The number of aryl methyl sites for hydroxylation is 1. The van der Waals surface area contributed by atoms with E-state index in [1.165, 1.54) is 23.8 Å². The highest BCUT2D eigenvalue weighted by Crippen LogP contribution is 2.34. The molecule has 3 aromatic heterocycles. The van der Waals surface area contributed by atoms with Crippen molar-refractivity contribution in [3.8, 4) is 17.3 Å². The monoisotopic (exact) mass is 456 g/mol. The highest BCUT2D eigenvalue weighted by molar-refractivity contribution is 7.91. The summed E-state index contributed by atoms with van der Waals surface area (Å²) in [6.07, 6.45) is -2.04. The number of nitrogens with zero attached hydrogens (tertiary/aromatic N) is 4. The number of aliphatic hydroxyl groups excluding tert-OH is 1. The molecule has 3 heterocycles. The van der Waals surface area contributed by atoms with Crippen LogP contribution in [0.4, 0.5) is 13.2 Å². The second kappa shape index (κ2) is 7.45. The molecule has 1 aliphatic carbocycles. The predicted octanol–water partition coefficient (Wildman–Crippen LogP) is 2.74. The van der Waals surface area contributed by atoms with Crippen LogP contribution in [0.15, 0.2) is 29.4 Å². The van der Waals surface area contributed by atoms with Crippen molar-refractivity contribution in [3.63, 3.8) is 0 Å². The molecule has 0 unspecified atom stereocenters. The van der Waals surface area contributed by atoms with Gasteiger partial charge in [-0.1, -0.05) is 6.92 Å². The van der Waals surface area contributed by atoms with Crippen molar-refractivity contribution >= 4 is 20.9 Å². The second-order valence-electron chi connectivity index (χ2n) is 7.34. The summed E-state index contributed by atoms with van der Waals surface area (Å²) in [6, 6.07) is 2.15. The van der Waals surface area contributed by atoms with Gasteiger partial charge in [-0.25, -0.2) is 23.4 Å². The van der Waals surface area contributed by atoms with Crippen molar-refractivity contribution in [1.82, 2.24) is 19.5 Å². The molecule has 0 amide bonds. The maximum atomic E-state index is 13.0. The topological polar surface area (TPSA) is 107 Å². The van der Waals surface area contributed by atoms with Crippen LogP contribution in [0.2, 0.25) is 0 Å². The first-order valence-electron chi connectivity index (χ1n) is 9.47. The SMILES string of the molecule is CCS(=O)(=O)c1cc(OC2CC(O)C2)cnc1-c1nc2cc(C(F)(F)F)ncc2n1C. The van der Waals surface area contributed by atoms with Crippen molar-refractivity contribution in [2.45, 2.75) is 43.0 Å². The van der Waals surface area contributed by atoms with Gasteiger partial charge in [-0.3, -0.25) is 0 Å². The molecule has 0 spiro atoms. The number of ether oxygens (including phenoxy) is 1. The Bertz CT molecular complexity index is 1250. The van der Waals surface area contributed by atoms with E-state index in [-0.39, 0.29) is 39.5 Å². The Morgan fingerprint density at radius 1 is 1.23 bits per heavy atom. The van der Waals surface area contributed by atoms with E-state index >= 15 is 0 Å². The summed E-state index contributed by atoms with van der Waals surface area (Å²) in [5.74, 6) is 0.109. The molecular formula is C19H19F3N4O4S. The first-order valence-corrected chi connectivity index (χ1v) is 11.1. The fourth-order valence-electron chi connectivity index (χ4n) is 3.33. The van der Waals surface area contributed by atoms with Crippen molar-refractivity contribution in [2.24, 2.45) is 7.05 Å². The quantitative estimate of drug-likeness (QED) is 0.629. The van der Waals surface area contributed by atoms with Gasteiger partial charge in [0.05, 0.1) is 35.3 Å². The number of alkyl halides is 3. The first-order chi connectivity index (χ1) is 14.5. The number of hydrogen-bond acceptors (Lipinski definition) is 7. The summed E-state index contributed by atoms with van der Waals surface area (Å²) in [6.45, 7) is 1.48. The van der Waals surface area contributed by atoms with Gasteiger partial charge in [-0.15, -0.1) is 0 Å². The summed E-state index contributed by atoms with van der Waals surface area (Å²) in [5, 5.41) is 9.40. The van der Waals surface area contributed by atoms with Gasteiger partial charge in [0.2, 0.25) is 0 Å². The van der Waals surface area contributed by atoms with Crippen molar-refractivity contribution in [2.75, 3.05) is 5.75 Å². The second-order valence-corrected chi connectivity index (χ2v) is 9.58. The Hall–Kier alpha value is -2.73. The van der Waals surface area contributed by atoms with Crippen molar-refractivity contribution in [3.05, 3.63) is 30.2 Å². The minimum Gasteiger partial charge on any atom is -0.489 e. The Balaban J connectivity index is 1.82. The summed E-state index contributed by atoms with van der Waals surface area (Å²) in [7, 11) is -2.22. The summed E-state index contributed by atoms with van der Waals surface area (Å²) in [5.41, 5.74) is -0.765. The number of rotatable bonds is 5. The molecule has 1 aliphatic rings. The lowest BCUT2D eigenvalue weighted by molar-refractivity contribution is -0.141. The first kappa shape index (κ1) is 21.5. The fraction of sp³-hybridized carbons (Fsp3) is 0.421. The van der Waals surface area contributed by atoms with Crippen LogP contribution in [0.1, 0.15) is 25.5 Å². The number of halogens is 3. The van der Waals surface area contributed by atoms with E-state index in [4.69, 9.17) is 4.74 Å². The smallest absolute Gasteiger partial charge is 0.433 e. The molecule has 31 heavy (non-hydrogen) atoms. The molecule has 0 radical (unpaired) electrons. The zero-order valence-electron chi connectivity index (χ0n) is 16.6.